The van der Waals surface area contributed by atoms with Crippen molar-refractivity contribution >= 4 is 5.91 Å². The van der Waals surface area contributed by atoms with E-state index in [1.165, 1.54) is 0 Å². The highest BCUT2D eigenvalue weighted by Crippen LogP contribution is 2.17. The number of pyridine rings is 1. The monoisotopic (exact) mass is 246 g/mol. The maximum atomic E-state index is 11.8. The Morgan fingerprint density at radius 2 is 2.17 bits per heavy atom. The second-order valence-electron chi connectivity index (χ2n) is 4.72. The lowest BCUT2D eigenvalue weighted by Crippen LogP contribution is -2.29. The molecular formula is C14H18N2O2. The minimum absolute atomic E-state index is 0.0795. The van der Waals surface area contributed by atoms with Gasteiger partial charge < -0.3 is 9.64 Å². The lowest BCUT2D eigenvalue weighted by Gasteiger charge is -2.15. The first-order valence-corrected chi connectivity index (χ1v) is 6.15. The molecule has 4 nitrogen and oxygen atoms in total. The average Bonchev–Trinajstić information content (AvgIpc) is 2.78. The van der Waals surface area contributed by atoms with Gasteiger partial charge in [-0.2, -0.15) is 0 Å². The molecule has 96 valence electrons. The third-order valence-corrected chi connectivity index (χ3v) is 2.82. The van der Waals surface area contributed by atoms with E-state index in [1.807, 2.05) is 30.9 Å². The van der Waals surface area contributed by atoms with Gasteiger partial charge in [0.05, 0.1) is 6.54 Å². The van der Waals surface area contributed by atoms with Crippen LogP contribution in [0.25, 0.3) is 0 Å². The van der Waals surface area contributed by atoms with Gasteiger partial charge in [0, 0.05) is 31.4 Å². The van der Waals surface area contributed by atoms with Gasteiger partial charge >= 0.3 is 0 Å². The molecule has 1 aliphatic rings. The van der Waals surface area contributed by atoms with Gasteiger partial charge in [0.2, 0.25) is 5.91 Å². The molecule has 4 heteroatoms. The zero-order valence-corrected chi connectivity index (χ0v) is 10.8. The van der Waals surface area contributed by atoms with Crippen LogP contribution < -0.4 is 4.74 Å². The normalized spacial score (nSPS) is 18.6. The van der Waals surface area contributed by atoms with Gasteiger partial charge in [0.25, 0.3) is 0 Å². The van der Waals surface area contributed by atoms with Crippen molar-refractivity contribution in [1.82, 2.24) is 9.88 Å². The minimum Gasteiger partial charge on any atom is -0.488 e. The van der Waals surface area contributed by atoms with E-state index in [0.717, 1.165) is 24.3 Å². The number of nitrogens with zero attached hydrogens (tertiary/aromatic N) is 2. The smallest absolute Gasteiger partial charge is 0.246 e. The average molecular weight is 246 g/mol. The molecule has 0 radical (unpaired) electrons. The van der Waals surface area contributed by atoms with Crippen LogP contribution in [-0.2, 0) is 4.79 Å². The van der Waals surface area contributed by atoms with Crippen molar-refractivity contribution in [1.29, 1.82) is 0 Å². The molecule has 0 aliphatic carbocycles. The Balaban J connectivity index is 1.89. The number of hydrogen-bond acceptors (Lipinski definition) is 3. The minimum atomic E-state index is 0.0795. The fourth-order valence-electron chi connectivity index (χ4n) is 1.97. The summed E-state index contributed by atoms with van der Waals surface area (Å²) in [6.45, 7) is 5.28. The summed E-state index contributed by atoms with van der Waals surface area (Å²) < 4.78 is 5.81. The number of carbonyl (C=O) groups is 1. The molecule has 1 fully saturated rings. The molecule has 1 amide bonds. The molecule has 0 spiro atoms. The fourth-order valence-corrected chi connectivity index (χ4v) is 1.97. The quantitative estimate of drug-likeness (QED) is 0.766. The first-order chi connectivity index (χ1) is 8.65. The first-order valence-electron chi connectivity index (χ1n) is 6.15. The number of carbonyl (C=O) groups excluding carboxylic acids is 1. The SMILES string of the molecule is CC(C)=CC(=O)N1CCC(Oc2ccncc2)C1. The van der Waals surface area contributed by atoms with Crippen LogP contribution in [0.3, 0.4) is 0 Å². The Morgan fingerprint density at radius 3 is 2.83 bits per heavy atom. The first kappa shape index (κ1) is 12.6. The summed E-state index contributed by atoms with van der Waals surface area (Å²) in [4.78, 5) is 17.6. The van der Waals surface area contributed by atoms with Crippen molar-refractivity contribution in [3.8, 4) is 5.75 Å². The topological polar surface area (TPSA) is 42.4 Å². The van der Waals surface area contributed by atoms with Crippen LogP contribution >= 0.6 is 0 Å². The van der Waals surface area contributed by atoms with E-state index in [9.17, 15) is 4.79 Å². The number of allylic oxidation sites excluding steroid dienone is 1. The molecule has 1 unspecified atom stereocenters. The van der Waals surface area contributed by atoms with Gasteiger partial charge in [-0.3, -0.25) is 9.78 Å². The number of likely N-dealkylation sites (tertiary alicyclic amines) is 1. The summed E-state index contributed by atoms with van der Waals surface area (Å²) >= 11 is 0. The van der Waals surface area contributed by atoms with Crippen molar-refractivity contribution < 1.29 is 9.53 Å². The zero-order valence-electron chi connectivity index (χ0n) is 10.8. The number of aromatic nitrogens is 1. The molecule has 1 aliphatic heterocycles. The van der Waals surface area contributed by atoms with E-state index in [2.05, 4.69) is 4.98 Å². The number of rotatable bonds is 3. The van der Waals surface area contributed by atoms with Crippen LogP contribution in [0.4, 0.5) is 0 Å². The highest BCUT2D eigenvalue weighted by atomic mass is 16.5. The van der Waals surface area contributed by atoms with Crippen molar-refractivity contribution in [2.24, 2.45) is 0 Å². The Kier molecular flexibility index (Phi) is 3.97. The molecule has 0 bridgehead atoms. The number of hydrogen-bond donors (Lipinski definition) is 0. The molecule has 2 rings (SSSR count). The maximum absolute atomic E-state index is 11.8. The Labute approximate surface area is 107 Å². The lowest BCUT2D eigenvalue weighted by atomic mass is 10.3. The van der Waals surface area contributed by atoms with Crippen LogP contribution in [0.5, 0.6) is 5.75 Å². The third-order valence-electron chi connectivity index (χ3n) is 2.82. The molecule has 0 N–H and O–H groups in total. The highest BCUT2D eigenvalue weighted by molar-refractivity contribution is 5.88. The van der Waals surface area contributed by atoms with Crippen LogP contribution in [0.1, 0.15) is 20.3 Å². The standard InChI is InChI=1S/C14H18N2O2/c1-11(2)9-14(17)16-8-5-13(10-16)18-12-3-6-15-7-4-12/h3-4,6-7,9,13H,5,8,10H2,1-2H3. The highest BCUT2D eigenvalue weighted by Gasteiger charge is 2.26. The largest absolute Gasteiger partial charge is 0.488 e. The van der Waals surface area contributed by atoms with Gasteiger partial charge in [0.15, 0.2) is 0 Å². The second-order valence-corrected chi connectivity index (χ2v) is 4.72. The van der Waals surface area contributed by atoms with Gasteiger partial charge in [-0.25, -0.2) is 0 Å². The summed E-state index contributed by atoms with van der Waals surface area (Å²) in [5.74, 6) is 0.891. The lowest BCUT2D eigenvalue weighted by molar-refractivity contribution is -0.125. The molecule has 18 heavy (non-hydrogen) atoms. The fraction of sp³-hybridized carbons (Fsp3) is 0.429. The van der Waals surface area contributed by atoms with Crippen molar-refractivity contribution in [3.63, 3.8) is 0 Å². The van der Waals surface area contributed by atoms with Gasteiger partial charge in [0.1, 0.15) is 11.9 Å². The van der Waals surface area contributed by atoms with E-state index in [4.69, 9.17) is 4.74 Å². The van der Waals surface area contributed by atoms with E-state index < -0.39 is 0 Å². The third kappa shape index (κ3) is 3.32. The summed E-state index contributed by atoms with van der Waals surface area (Å²) in [5, 5.41) is 0. The predicted molar refractivity (Wildman–Crippen MR) is 69.3 cm³/mol. The van der Waals surface area contributed by atoms with Crippen LogP contribution in [0, 0.1) is 0 Å². The molecule has 0 aromatic carbocycles. The summed E-state index contributed by atoms with van der Waals surface area (Å²) in [6, 6.07) is 3.67. The number of amides is 1. The molecule has 1 atom stereocenters. The molecule has 1 aromatic rings. The van der Waals surface area contributed by atoms with Crippen molar-refractivity contribution in [2.45, 2.75) is 26.4 Å². The Morgan fingerprint density at radius 1 is 1.44 bits per heavy atom. The molecule has 1 saturated heterocycles. The maximum Gasteiger partial charge on any atom is 0.246 e. The Hall–Kier alpha value is -1.84. The zero-order chi connectivity index (χ0) is 13.0. The van der Waals surface area contributed by atoms with Crippen molar-refractivity contribution in [2.75, 3.05) is 13.1 Å². The van der Waals surface area contributed by atoms with Crippen molar-refractivity contribution in [3.05, 3.63) is 36.2 Å². The summed E-state index contributed by atoms with van der Waals surface area (Å²) in [5.41, 5.74) is 1.03. The molecule has 1 aromatic heterocycles. The van der Waals surface area contributed by atoms with Gasteiger partial charge in [-0.05, 0) is 26.0 Å². The van der Waals surface area contributed by atoms with Crippen LogP contribution in [-0.4, -0.2) is 35.0 Å². The second kappa shape index (κ2) is 5.67. The molecular weight excluding hydrogens is 228 g/mol. The van der Waals surface area contributed by atoms with E-state index in [1.54, 1.807) is 18.5 Å². The summed E-state index contributed by atoms with van der Waals surface area (Å²) in [7, 11) is 0. The Bertz CT molecular complexity index is 438. The van der Waals surface area contributed by atoms with Gasteiger partial charge in [-0.15, -0.1) is 0 Å². The number of ether oxygens (including phenoxy) is 1. The van der Waals surface area contributed by atoms with E-state index >= 15 is 0 Å². The predicted octanol–water partition coefficient (Wildman–Crippen LogP) is 2.03. The van der Waals surface area contributed by atoms with Crippen LogP contribution in [0.2, 0.25) is 0 Å². The molecule has 2 heterocycles. The molecule has 0 saturated carbocycles. The van der Waals surface area contributed by atoms with E-state index in [0.29, 0.717) is 6.54 Å². The van der Waals surface area contributed by atoms with E-state index in [-0.39, 0.29) is 12.0 Å². The van der Waals surface area contributed by atoms with Gasteiger partial charge in [-0.1, -0.05) is 5.57 Å². The van der Waals surface area contributed by atoms with Crippen LogP contribution in [0.15, 0.2) is 36.2 Å². The summed E-state index contributed by atoms with van der Waals surface area (Å²) in [6.07, 6.45) is 6.05.